The molecule has 0 aliphatic heterocycles. The highest BCUT2D eigenvalue weighted by atomic mass is 35.5. The second kappa shape index (κ2) is 10.4. The van der Waals surface area contributed by atoms with Crippen LogP contribution in [0, 0.1) is 0 Å². The summed E-state index contributed by atoms with van der Waals surface area (Å²) < 4.78 is 0. The zero-order chi connectivity index (χ0) is 17.6. The highest BCUT2D eigenvalue weighted by molar-refractivity contribution is 7.98. The van der Waals surface area contributed by atoms with Crippen LogP contribution in [-0.4, -0.2) is 30.5 Å². The van der Waals surface area contributed by atoms with Gasteiger partial charge in [0.2, 0.25) is 5.91 Å². The molecule has 1 amide bonds. The van der Waals surface area contributed by atoms with Crippen molar-refractivity contribution in [1.29, 1.82) is 0 Å². The minimum Gasteiger partial charge on any atom is -0.354 e. The Morgan fingerprint density at radius 2 is 1.84 bits per heavy atom. The number of nitrogens with one attached hydrogen (secondary N) is 1. The number of nitrogens with two attached hydrogens (primary N) is 1. The van der Waals surface area contributed by atoms with Crippen LogP contribution in [0.3, 0.4) is 0 Å². The zero-order valence-corrected chi connectivity index (χ0v) is 17.3. The average molecular weight is 385 g/mol. The van der Waals surface area contributed by atoms with E-state index in [4.69, 9.17) is 5.73 Å². The van der Waals surface area contributed by atoms with Gasteiger partial charge in [-0.2, -0.15) is 11.8 Å². The number of rotatable bonds is 8. The first-order valence-corrected chi connectivity index (χ1v) is 10.5. The van der Waals surface area contributed by atoms with Crippen LogP contribution in [0.5, 0.6) is 0 Å². The first-order chi connectivity index (χ1) is 11.5. The Labute approximate surface area is 163 Å². The Morgan fingerprint density at radius 1 is 1.24 bits per heavy atom. The number of amides is 1. The number of halogens is 1. The van der Waals surface area contributed by atoms with E-state index in [1.54, 1.807) is 11.8 Å². The molecule has 0 unspecified atom stereocenters. The predicted molar refractivity (Wildman–Crippen MR) is 112 cm³/mol. The van der Waals surface area contributed by atoms with E-state index in [0.29, 0.717) is 12.5 Å². The van der Waals surface area contributed by atoms with Crippen molar-refractivity contribution in [3.63, 3.8) is 0 Å². The van der Waals surface area contributed by atoms with Crippen molar-refractivity contribution >= 4 is 30.1 Å². The lowest BCUT2D eigenvalue weighted by Gasteiger charge is -2.31. The highest BCUT2D eigenvalue weighted by Crippen LogP contribution is 2.41. The van der Waals surface area contributed by atoms with E-state index >= 15 is 0 Å². The molecule has 0 saturated heterocycles. The van der Waals surface area contributed by atoms with Crippen molar-refractivity contribution in [2.24, 2.45) is 5.73 Å². The molecule has 3 N–H and O–H groups in total. The SMILES string of the molecule is CSCC[C@H](N)C(=O)NCC1(c2ccc(C(C)C)cc2)CCCC1.Cl. The quantitative estimate of drug-likeness (QED) is 0.704. The Kier molecular flexibility index (Phi) is 9.33. The van der Waals surface area contributed by atoms with Crippen LogP contribution < -0.4 is 11.1 Å². The summed E-state index contributed by atoms with van der Waals surface area (Å²) in [5.41, 5.74) is 8.82. The molecule has 5 heteroatoms. The average Bonchev–Trinajstić information content (AvgIpc) is 3.07. The van der Waals surface area contributed by atoms with E-state index in [0.717, 1.165) is 25.0 Å². The normalized spacial score (nSPS) is 17.2. The van der Waals surface area contributed by atoms with Gasteiger partial charge in [0.05, 0.1) is 6.04 Å². The third-order valence-corrected chi connectivity index (χ3v) is 5.97. The van der Waals surface area contributed by atoms with Crippen LogP contribution >= 0.6 is 24.2 Å². The van der Waals surface area contributed by atoms with Crippen LogP contribution in [0.1, 0.15) is 63.0 Å². The van der Waals surface area contributed by atoms with Gasteiger partial charge in [0.15, 0.2) is 0 Å². The molecule has 1 atom stereocenters. The molecular weight excluding hydrogens is 352 g/mol. The fraction of sp³-hybridized carbons (Fsp3) is 0.650. The van der Waals surface area contributed by atoms with Gasteiger partial charge in [-0.1, -0.05) is 51.0 Å². The monoisotopic (exact) mass is 384 g/mol. The summed E-state index contributed by atoms with van der Waals surface area (Å²) in [7, 11) is 0. The van der Waals surface area contributed by atoms with Gasteiger partial charge in [-0.15, -0.1) is 12.4 Å². The lowest BCUT2D eigenvalue weighted by atomic mass is 9.78. The van der Waals surface area contributed by atoms with E-state index in [1.165, 1.54) is 24.0 Å². The molecule has 0 aromatic heterocycles. The van der Waals surface area contributed by atoms with E-state index in [2.05, 4.69) is 43.4 Å². The number of carbonyl (C=O) groups excluding carboxylic acids is 1. The molecular formula is C20H33ClN2OS. The van der Waals surface area contributed by atoms with Crippen LogP contribution in [0.25, 0.3) is 0 Å². The van der Waals surface area contributed by atoms with E-state index in [1.807, 2.05) is 6.26 Å². The molecule has 1 aliphatic rings. The Morgan fingerprint density at radius 3 is 2.36 bits per heavy atom. The minimum absolute atomic E-state index is 0. The summed E-state index contributed by atoms with van der Waals surface area (Å²) >= 11 is 1.73. The maximum absolute atomic E-state index is 12.3. The summed E-state index contributed by atoms with van der Waals surface area (Å²) in [4.78, 5) is 12.3. The lowest BCUT2D eigenvalue weighted by molar-refractivity contribution is -0.122. The van der Waals surface area contributed by atoms with Gasteiger partial charge in [0, 0.05) is 12.0 Å². The standard InChI is InChI=1S/C20H32N2OS.ClH/c1-15(2)16-6-8-17(9-7-16)20(11-4-5-12-20)14-22-19(23)18(21)10-13-24-3;/h6-9,15,18H,4-5,10-14,21H2,1-3H3,(H,22,23);1H/t18-;/m0./s1. The number of hydrogen-bond acceptors (Lipinski definition) is 3. The molecule has 1 fully saturated rings. The van der Waals surface area contributed by atoms with E-state index in [9.17, 15) is 4.79 Å². The fourth-order valence-electron chi connectivity index (χ4n) is 3.60. The molecule has 2 rings (SSSR count). The summed E-state index contributed by atoms with van der Waals surface area (Å²) in [5, 5.41) is 3.14. The Balaban J connectivity index is 0.00000312. The highest BCUT2D eigenvalue weighted by Gasteiger charge is 2.36. The van der Waals surface area contributed by atoms with Gasteiger partial charge in [-0.05, 0) is 48.3 Å². The van der Waals surface area contributed by atoms with Crippen molar-refractivity contribution in [3.05, 3.63) is 35.4 Å². The van der Waals surface area contributed by atoms with Crippen molar-refractivity contribution in [2.45, 2.75) is 63.3 Å². The van der Waals surface area contributed by atoms with E-state index in [-0.39, 0.29) is 29.8 Å². The molecule has 1 saturated carbocycles. The van der Waals surface area contributed by atoms with Gasteiger partial charge in [0.1, 0.15) is 0 Å². The van der Waals surface area contributed by atoms with Crippen molar-refractivity contribution in [1.82, 2.24) is 5.32 Å². The van der Waals surface area contributed by atoms with Gasteiger partial charge in [-0.25, -0.2) is 0 Å². The third kappa shape index (κ3) is 5.90. The number of hydrogen-bond donors (Lipinski definition) is 2. The van der Waals surface area contributed by atoms with Crippen LogP contribution in [0.4, 0.5) is 0 Å². The Bertz CT molecular complexity index is 527. The first-order valence-electron chi connectivity index (χ1n) is 9.11. The van der Waals surface area contributed by atoms with Gasteiger partial charge in [-0.3, -0.25) is 4.79 Å². The molecule has 1 aromatic carbocycles. The van der Waals surface area contributed by atoms with Crippen LogP contribution in [0.15, 0.2) is 24.3 Å². The molecule has 1 aliphatic carbocycles. The molecule has 25 heavy (non-hydrogen) atoms. The molecule has 3 nitrogen and oxygen atoms in total. The summed E-state index contributed by atoms with van der Waals surface area (Å²) in [5.74, 6) is 1.47. The number of benzene rings is 1. The third-order valence-electron chi connectivity index (χ3n) is 5.32. The summed E-state index contributed by atoms with van der Waals surface area (Å²) in [6, 6.07) is 8.62. The topological polar surface area (TPSA) is 55.1 Å². The Hall–Kier alpha value is -0.710. The maximum Gasteiger partial charge on any atom is 0.236 e. The molecule has 0 bridgehead atoms. The maximum atomic E-state index is 12.3. The van der Waals surface area contributed by atoms with Crippen LogP contribution in [0.2, 0.25) is 0 Å². The molecule has 0 spiro atoms. The van der Waals surface area contributed by atoms with Gasteiger partial charge >= 0.3 is 0 Å². The number of carbonyl (C=O) groups is 1. The largest absolute Gasteiger partial charge is 0.354 e. The molecule has 142 valence electrons. The first kappa shape index (κ1) is 22.3. The van der Waals surface area contributed by atoms with Crippen molar-refractivity contribution < 1.29 is 4.79 Å². The van der Waals surface area contributed by atoms with Gasteiger partial charge in [0.25, 0.3) is 0 Å². The fourth-order valence-corrected chi connectivity index (χ4v) is 4.09. The van der Waals surface area contributed by atoms with Gasteiger partial charge < -0.3 is 11.1 Å². The zero-order valence-electron chi connectivity index (χ0n) is 15.7. The lowest BCUT2D eigenvalue weighted by Crippen LogP contribution is -2.46. The number of thioether (sulfide) groups is 1. The predicted octanol–water partition coefficient (Wildman–Crippen LogP) is 4.24. The smallest absolute Gasteiger partial charge is 0.236 e. The summed E-state index contributed by atoms with van der Waals surface area (Å²) in [6.45, 7) is 5.15. The second-order valence-electron chi connectivity index (χ2n) is 7.37. The molecule has 0 radical (unpaired) electrons. The second-order valence-corrected chi connectivity index (χ2v) is 8.36. The van der Waals surface area contributed by atoms with Crippen molar-refractivity contribution in [2.75, 3.05) is 18.6 Å². The molecule has 1 aromatic rings. The van der Waals surface area contributed by atoms with E-state index < -0.39 is 0 Å². The minimum atomic E-state index is -0.390. The summed E-state index contributed by atoms with van der Waals surface area (Å²) in [6.07, 6.45) is 7.55. The van der Waals surface area contributed by atoms with Crippen LogP contribution in [-0.2, 0) is 10.2 Å². The molecule has 0 heterocycles. The van der Waals surface area contributed by atoms with Crippen molar-refractivity contribution in [3.8, 4) is 0 Å².